The Bertz CT molecular complexity index is 1030. The van der Waals surface area contributed by atoms with Gasteiger partial charge in [-0.3, -0.25) is 4.40 Å². The first-order valence-electron chi connectivity index (χ1n) is 9.94. The fourth-order valence-corrected chi connectivity index (χ4v) is 4.03. The third-order valence-electron chi connectivity index (χ3n) is 5.99. The maximum Gasteiger partial charge on any atom is 0.167 e. The van der Waals surface area contributed by atoms with Crippen LogP contribution in [0.15, 0.2) is 30.5 Å². The van der Waals surface area contributed by atoms with Crippen LogP contribution in [0.25, 0.3) is 5.65 Å². The molecule has 0 unspecified atom stereocenters. The summed E-state index contributed by atoms with van der Waals surface area (Å²) in [5.41, 5.74) is 2.53. The minimum Gasteiger partial charge on any atom is -0.496 e. The zero-order chi connectivity index (χ0) is 19.3. The molecule has 3 aromatic rings. The van der Waals surface area contributed by atoms with Crippen molar-refractivity contribution < 1.29 is 13.9 Å². The van der Waals surface area contributed by atoms with Crippen LogP contribution in [0, 0.1) is 24.6 Å². The molecule has 2 aliphatic rings. The summed E-state index contributed by atoms with van der Waals surface area (Å²) in [5.74, 6) is 3.49. The summed E-state index contributed by atoms with van der Waals surface area (Å²) in [5, 5.41) is 8.73. The van der Waals surface area contributed by atoms with Crippen LogP contribution >= 0.6 is 0 Å². The van der Waals surface area contributed by atoms with Crippen molar-refractivity contribution in [1.29, 1.82) is 0 Å². The average molecular weight is 381 g/mol. The maximum absolute atomic E-state index is 14.3. The van der Waals surface area contributed by atoms with Crippen LogP contribution in [0.5, 0.6) is 11.5 Å². The van der Waals surface area contributed by atoms with Gasteiger partial charge in [0.05, 0.1) is 13.7 Å². The number of aromatic nitrogens is 3. The van der Waals surface area contributed by atoms with E-state index >= 15 is 0 Å². The van der Waals surface area contributed by atoms with E-state index in [1.165, 1.54) is 18.9 Å². The molecule has 2 heterocycles. The number of fused-ring (bicyclic) bond motifs is 1. The number of pyridine rings is 1. The molecule has 28 heavy (non-hydrogen) atoms. The Kier molecular flexibility index (Phi) is 4.22. The van der Waals surface area contributed by atoms with Gasteiger partial charge < -0.3 is 9.47 Å². The quantitative estimate of drug-likeness (QED) is 0.612. The molecule has 5 rings (SSSR count). The van der Waals surface area contributed by atoms with Crippen LogP contribution < -0.4 is 9.47 Å². The molecule has 2 fully saturated rings. The Labute approximate surface area is 163 Å². The highest BCUT2D eigenvalue weighted by molar-refractivity contribution is 5.54. The lowest BCUT2D eigenvalue weighted by molar-refractivity contribution is 0.294. The smallest absolute Gasteiger partial charge is 0.167 e. The molecule has 0 radical (unpaired) electrons. The predicted octanol–water partition coefficient (Wildman–Crippen LogP) is 4.32. The first kappa shape index (κ1) is 17.5. The van der Waals surface area contributed by atoms with Gasteiger partial charge in [0.15, 0.2) is 5.65 Å². The van der Waals surface area contributed by atoms with Crippen LogP contribution in [0.3, 0.4) is 0 Å². The zero-order valence-corrected chi connectivity index (χ0v) is 16.2. The number of aryl methyl sites for hydroxylation is 1. The number of nitrogens with zero attached hydrogens (tertiary/aromatic N) is 3. The number of rotatable bonds is 7. The fourth-order valence-electron chi connectivity index (χ4n) is 4.03. The normalized spacial score (nSPS) is 21.1. The lowest BCUT2D eigenvalue weighted by Gasteiger charge is -2.11. The molecule has 2 atom stereocenters. The molecule has 0 amide bonds. The van der Waals surface area contributed by atoms with Crippen LogP contribution in [-0.4, -0.2) is 28.3 Å². The molecular weight excluding hydrogens is 357 g/mol. The molecule has 0 aliphatic heterocycles. The Balaban J connectivity index is 1.29. The molecule has 2 aliphatic carbocycles. The molecule has 2 aromatic heterocycles. The van der Waals surface area contributed by atoms with Gasteiger partial charge in [0.1, 0.15) is 23.1 Å². The van der Waals surface area contributed by atoms with Crippen LogP contribution in [0.4, 0.5) is 4.39 Å². The molecule has 146 valence electrons. The molecule has 0 bridgehead atoms. The monoisotopic (exact) mass is 381 g/mol. The number of methoxy groups -OCH3 is 1. The molecular formula is C22H24FN3O2. The Morgan fingerprint density at radius 2 is 2.04 bits per heavy atom. The van der Waals surface area contributed by atoms with Gasteiger partial charge in [0.25, 0.3) is 0 Å². The topological polar surface area (TPSA) is 48.7 Å². The van der Waals surface area contributed by atoms with E-state index < -0.39 is 0 Å². The Morgan fingerprint density at radius 1 is 1.18 bits per heavy atom. The fraction of sp³-hybridized carbons (Fsp3) is 0.455. The summed E-state index contributed by atoms with van der Waals surface area (Å²) < 4.78 is 27.8. The highest BCUT2D eigenvalue weighted by Crippen LogP contribution is 2.51. The van der Waals surface area contributed by atoms with Crippen molar-refractivity contribution in [3.8, 4) is 11.5 Å². The summed E-state index contributed by atoms with van der Waals surface area (Å²) in [7, 11) is 1.58. The third kappa shape index (κ3) is 3.11. The summed E-state index contributed by atoms with van der Waals surface area (Å²) >= 11 is 0. The highest BCUT2D eigenvalue weighted by atomic mass is 19.1. The van der Waals surface area contributed by atoms with E-state index in [2.05, 4.69) is 14.6 Å². The van der Waals surface area contributed by atoms with E-state index in [-0.39, 0.29) is 11.7 Å². The molecule has 0 N–H and O–H groups in total. The van der Waals surface area contributed by atoms with Gasteiger partial charge in [0.2, 0.25) is 0 Å². The second-order valence-corrected chi connectivity index (χ2v) is 8.03. The van der Waals surface area contributed by atoms with Crippen LogP contribution in [-0.2, 0) is 6.42 Å². The first-order valence-corrected chi connectivity index (χ1v) is 9.94. The van der Waals surface area contributed by atoms with Crippen molar-refractivity contribution in [3.63, 3.8) is 0 Å². The summed E-state index contributed by atoms with van der Waals surface area (Å²) in [4.78, 5) is 0. The standard InChI is InChI=1S/C22H24FN3O2/c1-13-18(8-9-26-20(10-14-6-7-14)24-25-22(13)26)28-12-15-11-16(15)21-17(23)4-3-5-19(21)27-2/h3-5,8-9,14-16H,6-7,10-12H2,1-2H3/t15-,16+/m1/s1. The molecule has 1 aromatic carbocycles. The first-order chi connectivity index (χ1) is 13.7. The van der Waals surface area contributed by atoms with Gasteiger partial charge in [0, 0.05) is 29.7 Å². The average Bonchev–Trinajstić information content (AvgIpc) is 3.61. The van der Waals surface area contributed by atoms with Gasteiger partial charge in [-0.25, -0.2) is 4.39 Å². The zero-order valence-electron chi connectivity index (χ0n) is 16.2. The predicted molar refractivity (Wildman–Crippen MR) is 103 cm³/mol. The van der Waals surface area contributed by atoms with Crippen molar-refractivity contribution >= 4 is 5.65 Å². The van der Waals surface area contributed by atoms with Crippen molar-refractivity contribution in [3.05, 3.63) is 53.2 Å². The summed E-state index contributed by atoms with van der Waals surface area (Å²) in [6.07, 6.45) is 6.50. The van der Waals surface area contributed by atoms with Crippen LogP contribution in [0.1, 0.15) is 42.1 Å². The van der Waals surface area contributed by atoms with E-state index in [1.54, 1.807) is 13.2 Å². The van der Waals surface area contributed by atoms with E-state index in [0.717, 1.165) is 41.5 Å². The van der Waals surface area contributed by atoms with Crippen LogP contribution in [0.2, 0.25) is 0 Å². The van der Waals surface area contributed by atoms with E-state index in [0.29, 0.717) is 23.8 Å². The summed E-state index contributed by atoms with van der Waals surface area (Å²) in [6.45, 7) is 2.58. The minimum absolute atomic E-state index is 0.151. The van der Waals surface area contributed by atoms with E-state index in [1.807, 2.05) is 25.3 Å². The van der Waals surface area contributed by atoms with Gasteiger partial charge in [-0.05, 0) is 56.2 Å². The Hall–Kier alpha value is -2.63. The van der Waals surface area contributed by atoms with Crippen molar-refractivity contribution in [1.82, 2.24) is 14.6 Å². The molecule has 0 saturated heterocycles. The SMILES string of the molecule is COc1cccc(F)c1[C@H]1C[C@@H]1COc1ccn2c(CC3CC3)nnc2c1C. The number of halogens is 1. The maximum atomic E-state index is 14.3. The van der Waals surface area contributed by atoms with Gasteiger partial charge >= 0.3 is 0 Å². The molecule has 5 nitrogen and oxygen atoms in total. The van der Waals surface area contributed by atoms with Gasteiger partial charge in [-0.1, -0.05) is 6.07 Å². The second kappa shape index (κ2) is 6.76. The minimum atomic E-state index is -0.198. The van der Waals surface area contributed by atoms with Crippen molar-refractivity contribution in [2.75, 3.05) is 13.7 Å². The lowest BCUT2D eigenvalue weighted by atomic mass is 10.1. The van der Waals surface area contributed by atoms with Gasteiger partial charge in [-0.2, -0.15) is 0 Å². The van der Waals surface area contributed by atoms with Gasteiger partial charge in [-0.15, -0.1) is 10.2 Å². The second-order valence-electron chi connectivity index (χ2n) is 8.03. The van der Waals surface area contributed by atoms with Crippen molar-refractivity contribution in [2.45, 2.75) is 38.5 Å². The Morgan fingerprint density at radius 3 is 2.82 bits per heavy atom. The van der Waals surface area contributed by atoms with Crippen molar-refractivity contribution in [2.24, 2.45) is 11.8 Å². The van der Waals surface area contributed by atoms with E-state index in [4.69, 9.17) is 9.47 Å². The number of ether oxygens (including phenoxy) is 2. The number of benzene rings is 1. The molecule has 6 heteroatoms. The number of hydrogen-bond donors (Lipinski definition) is 0. The molecule has 2 saturated carbocycles. The number of hydrogen-bond acceptors (Lipinski definition) is 4. The van der Waals surface area contributed by atoms with E-state index in [9.17, 15) is 4.39 Å². The lowest BCUT2D eigenvalue weighted by Crippen LogP contribution is -2.05. The third-order valence-corrected chi connectivity index (χ3v) is 5.99. The largest absolute Gasteiger partial charge is 0.496 e. The molecule has 0 spiro atoms. The highest BCUT2D eigenvalue weighted by Gasteiger charge is 2.42. The summed E-state index contributed by atoms with van der Waals surface area (Å²) in [6, 6.07) is 6.98.